The van der Waals surface area contributed by atoms with Crippen LogP contribution in [0.3, 0.4) is 0 Å². The number of carbonyl (C=O) groups is 1. The van der Waals surface area contributed by atoms with Gasteiger partial charge in [0, 0.05) is 30.9 Å². The Kier molecular flexibility index (Phi) is 5.38. The summed E-state index contributed by atoms with van der Waals surface area (Å²) in [5, 5.41) is 3.12. The Hall–Kier alpha value is -1.32. The second-order valence-corrected chi connectivity index (χ2v) is 5.09. The minimum Gasteiger partial charge on any atom is -0.351 e. The summed E-state index contributed by atoms with van der Waals surface area (Å²) in [6.07, 6.45) is 7.11. The quantitative estimate of drug-likeness (QED) is 0.810. The Balaban J connectivity index is 2.32. The summed E-state index contributed by atoms with van der Waals surface area (Å²) in [6, 6.07) is 0. The fourth-order valence-electron chi connectivity index (χ4n) is 1.88. The van der Waals surface area contributed by atoms with Gasteiger partial charge in [-0.2, -0.15) is 0 Å². The molecular weight excluding hydrogens is 226 g/mol. The van der Waals surface area contributed by atoms with E-state index in [9.17, 15) is 4.79 Å². The number of carbonyl (C=O) groups excluding carboxylic acids is 1. The monoisotopic (exact) mass is 251 g/mol. The summed E-state index contributed by atoms with van der Waals surface area (Å²) in [7, 11) is 0. The molecule has 4 nitrogen and oxygen atoms in total. The van der Waals surface area contributed by atoms with Gasteiger partial charge in [-0.15, -0.1) is 0 Å². The van der Waals surface area contributed by atoms with E-state index >= 15 is 0 Å². The molecule has 0 aliphatic heterocycles. The van der Waals surface area contributed by atoms with E-state index < -0.39 is 0 Å². The third kappa shape index (κ3) is 4.17. The van der Waals surface area contributed by atoms with Crippen LogP contribution in [0.5, 0.6) is 0 Å². The summed E-state index contributed by atoms with van der Waals surface area (Å²) >= 11 is 0. The topological polar surface area (TPSA) is 46.9 Å². The Bertz CT molecular complexity index is 380. The van der Waals surface area contributed by atoms with E-state index in [-0.39, 0.29) is 11.4 Å². The maximum Gasteiger partial charge on any atom is 0.220 e. The van der Waals surface area contributed by atoms with Gasteiger partial charge >= 0.3 is 0 Å². The normalized spacial score (nSPS) is 11.6. The van der Waals surface area contributed by atoms with Crippen LogP contribution in [0.25, 0.3) is 0 Å². The zero-order valence-electron chi connectivity index (χ0n) is 12.0. The molecule has 0 aliphatic carbocycles. The largest absolute Gasteiger partial charge is 0.351 e. The minimum atomic E-state index is -0.0536. The van der Waals surface area contributed by atoms with Gasteiger partial charge in [0.05, 0.1) is 0 Å². The highest BCUT2D eigenvalue weighted by atomic mass is 16.1. The first-order valence-corrected chi connectivity index (χ1v) is 6.79. The van der Waals surface area contributed by atoms with E-state index in [1.807, 2.05) is 13.1 Å². The van der Waals surface area contributed by atoms with Crippen LogP contribution in [0.2, 0.25) is 0 Å². The van der Waals surface area contributed by atoms with Gasteiger partial charge in [0.25, 0.3) is 0 Å². The van der Waals surface area contributed by atoms with E-state index in [0.29, 0.717) is 6.42 Å². The Morgan fingerprint density at radius 3 is 2.61 bits per heavy atom. The number of amides is 1. The number of aryl methyl sites for hydroxylation is 2. The molecule has 1 amide bonds. The lowest BCUT2D eigenvalue weighted by Crippen LogP contribution is -2.44. The van der Waals surface area contributed by atoms with E-state index in [1.165, 1.54) is 0 Å². The SMILES string of the molecule is CCC(C)(CC)NC(=O)CCCn1ccnc1C. The molecule has 18 heavy (non-hydrogen) atoms. The van der Waals surface area contributed by atoms with Crippen molar-refractivity contribution in [2.45, 2.75) is 65.5 Å². The lowest BCUT2D eigenvalue weighted by atomic mass is 9.95. The molecule has 0 radical (unpaired) electrons. The lowest BCUT2D eigenvalue weighted by Gasteiger charge is -2.28. The number of rotatable bonds is 7. The highest BCUT2D eigenvalue weighted by Gasteiger charge is 2.21. The molecule has 0 aliphatic rings. The molecule has 0 fully saturated rings. The third-order valence-corrected chi connectivity index (χ3v) is 3.73. The molecule has 1 aromatic heterocycles. The number of nitrogens with one attached hydrogen (secondary N) is 1. The van der Waals surface area contributed by atoms with Gasteiger partial charge in [0.2, 0.25) is 5.91 Å². The highest BCUT2D eigenvalue weighted by molar-refractivity contribution is 5.76. The maximum atomic E-state index is 11.9. The molecule has 0 spiro atoms. The van der Waals surface area contributed by atoms with Crippen LogP contribution in [0, 0.1) is 6.92 Å². The predicted molar refractivity (Wildman–Crippen MR) is 73.3 cm³/mol. The third-order valence-electron chi connectivity index (χ3n) is 3.73. The average Bonchev–Trinajstić information content (AvgIpc) is 2.75. The molecule has 102 valence electrons. The fraction of sp³-hybridized carbons (Fsp3) is 0.714. The van der Waals surface area contributed by atoms with Crippen molar-refractivity contribution < 1.29 is 4.79 Å². The molecule has 0 aromatic carbocycles. The molecule has 0 bridgehead atoms. The summed E-state index contributed by atoms with van der Waals surface area (Å²) in [4.78, 5) is 16.0. The van der Waals surface area contributed by atoms with Crippen molar-refractivity contribution in [2.75, 3.05) is 0 Å². The van der Waals surface area contributed by atoms with Gasteiger partial charge in [-0.05, 0) is 33.1 Å². The second-order valence-electron chi connectivity index (χ2n) is 5.09. The van der Waals surface area contributed by atoms with Gasteiger partial charge in [-0.25, -0.2) is 4.98 Å². The predicted octanol–water partition coefficient (Wildman–Crippen LogP) is 2.67. The Labute approximate surface area is 110 Å². The number of aromatic nitrogens is 2. The lowest BCUT2D eigenvalue weighted by molar-refractivity contribution is -0.123. The van der Waals surface area contributed by atoms with Crippen molar-refractivity contribution in [1.82, 2.24) is 14.9 Å². The number of hydrogen-bond donors (Lipinski definition) is 1. The smallest absolute Gasteiger partial charge is 0.220 e. The molecule has 0 saturated carbocycles. The number of nitrogens with zero attached hydrogens (tertiary/aromatic N) is 2. The maximum absolute atomic E-state index is 11.9. The van der Waals surface area contributed by atoms with Crippen LogP contribution in [0.15, 0.2) is 12.4 Å². The molecule has 0 unspecified atom stereocenters. The summed E-state index contributed by atoms with van der Waals surface area (Å²) in [5.41, 5.74) is -0.0536. The highest BCUT2D eigenvalue weighted by Crippen LogP contribution is 2.13. The van der Waals surface area contributed by atoms with E-state index in [2.05, 4.69) is 35.6 Å². The zero-order valence-corrected chi connectivity index (χ0v) is 12.0. The van der Waals surface area contributed by atoms with Crippen molar-refractivity contribution in [2.24, 2.45) is 0 Å². The van der Waals surface area contributed by atoms with Crippen molar-refractivity contribution in [3.8, 4) is 0 Å². The van der Waals surface area contributed by atoms with Crippen molar-refractivity contribution in [3.63, 3.8) is 0 Å². The van der Waals surface area contributed by atoms with E-state index in [4.69, 9.17) is 0 Å². The van der Waals surface area contributed by atoms with Gasteiger partial charge in [0.1, 0.15) is 5.82 Å². The second kappa shape index (κ2) is 6.57. The van der Waals surface area contributed by atoms with Crippen LogP contribution >= 0.6 is 0 Å². The average molecular weight is 251 g/mol. The van der Waals surface area contributed by atoms with Crippen LogP contribution in [-0.4, -0.2) is 21.0 Å². The first-order valence-electron chi connectivity index (χ1n) is 6.79. The Morgan fingerprint density at radius 2 is 2.11 bits per heavy atom. The molecule has 4 heteroatoms. The van der Waals surface area contributed by atoms with Crippen LogP contribution in [-0.2, 0) is 11.3 Å². The number of hydrogen-bond acceptors (Lipinski definition) is 2. The van der Waals surface area contributed by atoms with Crippen LogP contribution in [0.4, 0.5) is 0 Å². The van der Waals surface area contributed by atoms with Gasteiger partial charge in [-0.3, -0.25) is 4.79 Å². The first-order chi connectivity index (χ1) is 8.50. The van der Waals surface area contributed by atoms with E-state index in [1.54, 1.807) is 6.20 Å². The van der Waals surface area contributed by atoms with E-state index in [0.717, 1.165) is 31.6 Å². The summed E-state index contributed by atoms with van der Waals surface area (Å²) in [5.74, 6) is 1.15. The fourth-order valence-corrected chi connectivity index (χ4v) is 1.88. The van der Waals surface area contributed by atoms with Crippen LogP contribution < -0.4 is 5.32 Å². The molecule has 1 N–H and O–H groups in total. The zero-order chi connectivity index (χ0) is 13.6. The van der Waals surface area contributed by atoms with Gasteiger partial charge in [0.15, 0.2) is 0 Å². The molecule has 0 saturated heterocycles. The minimum absolute atomic E-state index is 0.0536. The summed E-state index contributed by atoms with van der Waals surface area (Å²) in [6.45, 7) is 9.15. The van der Waals surface area contributed by atoms with Crippen LogP contribution in [0.1, 0.15) is 52.3 Å². The Morgan fingerprint density at radius 1 is 1.44 bits per heavy atom. The molecule has 0 atom stereocenters. The van der Waals surface area contributed by atoms with Crippen molar-refractivity contribution >= 4 is 5.91 Å². The molecular formula is C14H25N3O. The standard InChI is InChI=1S/C14H25N3O/c1-5-14(4,6-2)16-13(18)8-7-10-17-11-9-15-12(17)3/h9,11H,5-8,10H2,1-4H3,(H,16,18). The first kappa shape index (κ1) is 14.7. The molecule has 1 heterocycles. The van der Waals surface area contributed by atoms with Crippen molar-refractivity contribution in [1.29, 1.82) is 0 Å². The van der Waals surface area contributed by atoms with Gasteiger partial charge < -0.3 is 9.88 Å². The molecule has 1 rings (SSSR count). The number of imidazole rings is 1. The van der Waals surface area contributed by atoms with Crippen molar-refractivity contribution in [3.05, 3.63) is 18.2 Å². The summed E-state index contributed by atoms with van der Waals surface area (Å²) < 4.78 is 2.08. The molecule has 1 aromatic rings. The van der Waals surface area contributed by atoms with Gasteiger partial charge in [-0.1, -0.05) is 13.8 Å².